The van der Waals surface area contributed by atoms with E-state index in [0.29, 0.717) is 0 Å². The van der Waals surface area contributed by atoms with Gasteiger partial charge in [0.2, 0.25) is 0 Å². The quantitative estimate of drug-likeness (QED) is 0.181. The highest BCUT2D eigenvalue weighted by atomic mass is 15.1. The van der Waals surface area contributed by atoms with Crippen LogP contribution in [-0.2, 0) is 21.7 Å². The molecule has 1 nitrogen and oxygen atoms in total. The second-order valence-corrected chi connectivity index (χ2v) is 17.9. The van der Waals surface area contributed by atoms with Gasteiger partial charge in [-0.05, 0) is 90.7 Å². The van der Waals surface area contributed by atoms with Crippen LogP contribution in [0.25, 0.3) is 33.4 Å². The van der Waals surface area contributed by atoms with Gasteiger partial charge in [-0.1, -0.05) is 172 Å². The van der Waals surface area contributed by atoms with Crippen molar-refractivity contribution in [3.05, 3.63) is 161 Å². The van der Waals surface area contributed by atoms with Crippen molar-refractivity contribution >= 4 is 17.1 Å². The first-order chi connectivity index (χ1) is 24.1. The predicted molar refractivity (Wildman–Crippen MR) is 219 cm³/mol. The number of hydrogen-bond donors (Lipinski definition) is 0. The summed E-state index contributed by atoms with van der Waals surface area (Å²) in [6.45, 7) is 23.8. The number of para-hydroxylation sites is 1. The molecule has 0 heterocycles. The van der Waals surface area contributed by atoms with Gasteiger partial charge < -0.3 is 4.90 Å². The fraction of sp³-hybridized carbons (Fsp3) is 0.280. The number of anilines is 3. The molecule has 1 heteroatoms. The van der Waals surface area contributed by atoms with Crippen molar-refractivity contribution in [3.63, 3.8) is 0 Å². The van der Waals surface area contributed by atoms with Gasteiger partial charge in [0.15, 0.2) is 0 Å². The van der Waals surface area contributed by atoms with E-state index in [2.05, 4.69) is 202 Å². The molecule has 0 spiro atoms. The predicted octanol–water partition coefficient (Wildman–Crippen LogP) is 14.0. The van der Waals surface area contributed by atoms with E-state index in [9.17, 15) is 0 Å². The molecule has 0 bridgehead atoms. The molecule has 2 aliphatic rings. The van der Waals surface area contributed by atoms with E-state index in [1.165, 1.54) is 83.8 Å². The Kier molecular flexibility index (Phi) is 7.38. The van der Waals surface area contributed by atoms with Crippen LogP contribution in [0.5, 0.6) is 0 Å². The minimum atomic E-state index is -0.161. The van der Waals surface area contributed by atoms with Crippen LogP contribution in [0.1, 0.15) is 103 Å². The summed E-state index contributed by atoms with van der Waals surface area (Å²) in [7, 11) is 0. The van der Waals surface area contributed by atoms with Crippen LogP contribution in [0.4, 0.5) is 17.1 Å². The van der Waals surface area contributed by atoms with Crippen LogP contribution in [0.2, 0.25) is 0 Å². The van der Waals surface area contributed by atoms with Crippen molar-refractivity contribution in [3.8, 4) is 33.4 Å². The van der Waals surface area contributed by atoms with Gasteiger partial charge in [0.25, 0.3) is 0 Å². The van der Waals surface area contributed by atoms with Crippen molar-refractivity contribution in [2.24, 2.45) is 0 Å². The molecule has 0 saturated carbocycles. The Morgan fingerprint density at radius 1 is 0.451 bits per heavy atom. The third-order valence-electron chi connectivity index (χ3n) is 11.7. The molecule has 6 aromatic rings. The highest BCUT2D eigenvalue weighted by Crippen LogP contribution is 2.58. The molecule has 0 aliphatic heterocycles. The van der Waals surface area contributed by atoms with E-state index in [1.54, 1.807) is 0 Å². The largest absolute Gasteiger partial charge is 0.309 e. The number of benzene rings is 6. The third kappa shape index (κ3) is 5.11. The van der Waals surface area contributed by atoms with Crippen molar-refractivity contribution in [2.45, 2.75) is 90.9 Å². The van der Waals surface area contributed by atoms with Crippen molar-refractivity contribution in [2.75, 3.05) is 4.90 Å². The van der Waals surface area contributed by atoms with Gasteiger partial charge >= 0.3 is 0 Å². The van der Waals surface area contributed by atoms with Crippen LogP contribution in [0, 0.1) is 0 Å². The van der Waals surface area contributed by atoms with E-state index in [-0.39, 0.29) is 21.7 Å². The Bertz CT molecular complexity index is 2320. The zero-order valence-electron chi connectivity index (χ0n) is 32.1. The van der Waals surface area contributed by atoms with Crippen LogP contribution in [-0.4, -0.2) is 0 Å². The molecule has 256 valence electrons. The molecular weight excluding hydrogens is 615 g/mol. The Labute approximate surface area is 306 Å². The summed E-state index contributed by atoms with van der Waals surface area (Å²) < 4.78 is 0. The summed E-state index contributed by atoms with van der Waals surface area (Å²) in [5.74, 6) is 0. The van der Waals surface area contributed by atoms with Gasteiger partial charge in [-0.15, -0.1) is 0 Å². The Morgan fingerprint density at radius 2 is 1.06 bits per heavy atom. The first-order valence-corrected chi connectivity index (χ1v) is 18.6. The van der Waals surface area contributed by atoms with Gasteiger partial charge in [0.1, 0.15) is 0 Å². The van der Waals surface area contributed by atoms with Crippen LogP contribution < -0.4 is 4.90 Å². The molecule has 6 aromatic carbocycles. The van der Waals surface area contributed by atoms with Crippen LogP contribution in [0.15, 0.2) is 127 Å². The van der Waals surface area contributed by atoms with E-state index in [0.717, 1.165) is 0 Å². The molecule has 0 unspecified atom stereocenters. The lowest BCUT2D eigenvalue weighted by molar-refractivity contribution is 0.545. The number of rotatable bonds is 4. The summed E-state index contributed by atoms with van der Waals surface area (Å²) in [5.41, 5.74) is 19.6. The average Bonchev–Trinajstić information content (AvgIpc) is 3.48. The molecule has 0 N–H and O–H groups in total. The zero-order chi connectivity index (χ0) is 36.1. The summed E-state index contributed by atoms with van der Waals surface area (Å²) >= 11 is 0. The van der Waals surface area contributed by atoms with E-state index >= 15 is 0 Å². The highest BCUT2D eigenvalue weighted by molar-refractivity contribution is 5.99. The molecule has 2 aliphatic carbocycles. The lowest BCUT2D eigenvalue weighted by atomic mass is 9.71. The summed E-state index contributed by atoms with van der Waals surface area (Å²) in [5, 5.41) is 0. The molecular formula is C50H51N. The smallest absolute Gasteiger partial charge is 0.0543 e. The lowest BCUT2D eigenvalue weighted by Gasteiger charge is -2.32. The number of hydrogen-bond acceptors (Lipinski definition) is 1. The van der Waals surface area contributed by atoms with Gasteiger partial charge in [-0.25, -0.2) is 0 Å². The minimum absolute atomic E-state index is 0.00894. The molecule has 0 atom stereocenters. The lowest BCUT2D eigenvalue weighted by Crippen LogP contribution is -2.24. The fourth-order valence-electron chi connectivity index (χ4n) is 8.97. The molecule has 51 heavy (non-hydrogen) atoms. The van der Waals surface area contributed by atoms with Crippen molar-refractivity contribution in [1.82, 2.24) is 0 Å². The maximum Gasteiger partial charge on any atom is 0.0543 e. The maximum atomic E-state index is 2.56. The van der Waals surface area contributed by atoms with Gasteiger partial charge in [0.05, 0.1) is 11.4 Å². The standard InChI is InChI=1S/C50H51N/c1-47(2,3)33-29-38-45-40(50(9,10)46(38)42(30-33)48(4,5)6)24-18-26-44(45)51(43-25-17-15-21-35(43)32-19-12-11-13-20-32)34-27-28-37-36-22-14-16-23-39(36)49(7,8)41(37)31-34/h11-31H,1-10H3. The monoisotopic (exact) mass is 665 g/mol. The van der Waals surface area contributed by atoms with Crippen LogP contribution in [0.3, 0.4) is 0 Å². The molecule has 8 rings (SSSR count). The zero-order valence-corrected chi connectivity index (χ0v) is 32.1. The van der Waals surface area contributed by atoms with Crippen molar-refractivity contribution < 1.29 is 0 Å². The van der Waals surface area contributed by atoms with Crippen molar-refractivity contribution in [1.29, 1.82) is 0 Å². The molecule has 0 amide bonds. The number of fused-ring (bicyclic) bond motifs is 6. The molecule has 0 radical (unpaired) electrons. The fourth-order valence-corrected chi connectivity index (χ4v) is 8.97. The highest BCUT2D eigenvalue weighted by Gasteiger charge is 2.43. The second kappa shape index (κ2) is 11.3. The third-order valence-corrected chi connectivity index (χ3v) is 11.7. The SMILES string of the molecule is CC(C)(C)c1cc2c(c(C(C)(C)C)c1)C(C)(C)c1cccc(N(c3ccc4c(c3)C(C)(C)c3ccccc3-4)c3ccccc3-c3ccccc3)c1-2. The molecule has 0 aromatic heterocycles. The molecule has 0 saturated heterocycles. The van der Waals surface area contributed by atoms with Gasteiger partial charge in [0, 0.05) is 27.6 Å². The van der Waals surface area contributed by atoms with E-state index in [1.807, 2.05) is 0 Å². The Hall–Kier alpha value is -4.88. The van der Waals surface area contributed by atoms with Gasteiger partial charge in [-0.3, -0.25) is 0 Å². The molecule has 0 fully saturated rings. The van der Waals surface area contributed by atoms with Crippen LogP contribution >= 0.6 is 0 Å². The average molecular weight is 666 g/mol. The summed E-state index contributed by atoms with van der Waals surface area (Å²) in [4.78, 5) is 2.56. The second-order valence-electron chi connectivity index (χ2n) is 17.9. The summed E-state index contributed by atoms with van der Waals surface area (Å²) in [6, 6.07) is 48.0. The van der Waals surface area contributed by atoms with E-state index < -0.39 is 0 Å². The first kappa shape index (κ1) is 33.3. The number of nitrogens with zero attached hydrogens (tertiary/aromatic N) is 1. The normalized spacial score (nSPS) is 15.2. The van der Waals surface area contributed by atoms with Gasteiger partial charge in [-0.2, -0.15) is 0 Å². The first-order valence-electron chi connectivity index (χ1n) is 18.6. The minimum Gasteiger partial charge on any atom is -0.309 e. The Balaban J connectivity index is 1.46. The topological polar surface area (TPSA) is 3.24 Å². The maximum absolute atomic E-state index is 2.56. The summed E-state index contributed by atoms with van der Waals surface area (Å²) in [6.07, 6.45) is 0. The Morgan fingerprint density at radius 3 is 1.76 bits per heavy atom. The van der Waals surface area contributed by atoms with E-state index in [4.69, 9.17) is 0 Å².